The molecule has 0 spiro atoms. The maximum atomic E-state index is 12.5. The lowest BCUT2D eigenvalue weighted by Gasteiger charge is -2.23. The third-order valence-corrected chi connectivity index (χ3v) is 3.73. The van der Waals surface area contributed by atoms with Gasteiger partial charge in [-0.2, -0.15) is 0 Å². The number of aromatic amines is 1. The number of hydrogen-bond acceptors (Lipinski definition) is 7. The van der Waals surface area contributed by atoms with Gasteiger partial charge in [0.2, 0.25) is 17.7 Å². The van der Waals surface area contributed by atoms with Crippen LogP contribution in [0.3, 0.4) is 0 Å². The first-order valence-corrected chi connectivity index (χ1v) is 8.14. The highest BCUT2D eigenvalue weighted by Gasteiger charge is 2.29. The topological polar surface area (TPSA) is 214 Å². The van der Waals surface area contributed by atoms with Crippen molar-refractivity contribution < 1.29 is 29.4 Å². The van der Waals surface area contributed by atoms with Gasteiger partial charge in [0.25, 0.3) is 0 Å². The normalized spacial score (nSPS) is 15.2. The second-order valence-corrected chi connectivity index (χ2v) is 6.01. The third-order valence-electron chi connectivity index (χ3n) is 3.73. The molecule has 1 heterocycles. The average Bonchev–Trinajstić information content (AvgIpc) is 3.09. The highest BCUT2D eigenvalue weighted by Crippen LogP contribution is 2.03. The second kappa shape index (κ2) is 10.2. The standard InChI is InChI=1S/C15H24N6O6/c1-7(22)12(17)14(25)21-10(4-8-5-18-6-19-8)13(24)20-9(15(26)27)2-3-11(16)23/h5-7,9-10,12,22H,2-4,17H2,1H3,(H2,16,23)(H,18,19)(H,20,24)(H,21,25)(H,26,27). The van der Waals surface area contributed by atoms with E-state index in [4.69, 9.17) is 11.5 Å². The molecule has 0 aromatic carbocycles. The van der Waals surface area contributed by atoms with Crippen LogP contribution in [0.2, 0.25) is 0 Å². The van der Waals surface area contributed by atoms with Crippen molar-refractivity contribution in [3.05, 3.63) is 18.2 Å². The molecule has 0 aliphatic carbocycles. The van der Waals surface area contributed by atoms with Gasteiger partial charge in [-0.3, -0.25) is 14.4 Å². The number of nitrogens with two attached hydrogens (primary N) is 2. The number of nitrogens with zero attached hydrogens (tertiary/aromatic N) is 1. The highest BCUT2D eigenvalue weighted by molar-refractivity contribution is 5.92. The van der Waals surface area contributed by atoms with Gasteiger partial charge >= 0.3 is 5.97 Å². The van der Waals surface area contributed by atoms with E-state index in [1.165, 1.54) is 19.4 Å². The highest BCUT2D eigenvalue weighted by atomic mass is 16.4. The van der Waals surface area contributed by atoms with Crippen molar-refractivity contribution in [1.82, 2.24) is 20.6 Å². The Bertz CT molecular complexity index is 662. The van der Waals surface area contributed by atoms with Gasteiger partial charge in [-0.25, -0.2) is 9.78 Å². The molecule has 0 bridgehead atoms. The van der Waals surface area contributed by atoms with Gasteiger partial charge < -0.3 is 37.3 Å². The van der Waals surface area contributed by atoms with Gasteiger partial charge in [0, 0.05) is 24.7 Å². The van der Waals surface area contributed by atoms with Gasteiger partial charge in [-0.1, -0.05) is 0 Å². The van der Waals surface area contributed by atoms with E-state index in [1.54, 1.807) is 0 Å². The van der Waals surface area contributed by atoms with Gasteiger partial charge in [-0.05, 0) is 13.3 Å². The molecule has 9 N–H and O–H groups in total. The van der Waals surface area contributed by atoms with Crippen LogP contribution in [0.15, 0.2) is 12.5 Å². The SMILES string of the molecule is CC(O)C(N)C(=O)NC(Cc1cnc[nH]1)C(=O)NC(CCC(N)=O)C(=O)O. The molecule has 12 heteroatoms. The van der Waals surface area contributed by atoms with E-state index in [1.807, 2.05) is 0 Å². The zero-order valence-corrected chi connectivity index (χ0v) is 14.7. The average molecular weight is 384 g/mol. The van der Waals surface area contributed by atoms with Gasteiger partial charge in [0.1, 0.15) is 18.1 Å². The lowest BCUT2D eigenvalue weighted by atomic mass is 10.1. The fraction of sp³-hybridized carbons (Fsp3) is 0.533. The zero-order chi connectivity index (χ0) is 20.6. The first kappa shape index (κ1) is 22.1. The number of rotatable bonds is 11. The summed E-state index contributed by atoms with van der Waals surface area (Å²) in [5.74, 6) is -3.64. The Morgan fingerprint density at radius 1 is 1.22 bits per heavy atom. The van der Waals surface area contributed by atoms with E-state index in [2.05, 4.69) is 20.6 Å². The Labute approximate surface area is 154 Å². The Morgan fingerprint density at radius 3 is 2.33 bits per heavy atom. The summed E-state index contributed by atoms with van der Waals surface area (Å²) in [6, 6.07) is -3.82. The minimum atomic E-state index is -1.36. The van der Waals surface area contributed by atoms with Crippen molar-refractivity contribution in [2.75, 3.05) is 0 Å². The Balaban J connectivity index is 2.88. The van der Waals surface area contributed by atoms with Crippen LogP contribution < -0.4 is 22.1 Å². The Kier molecular flexibility index (Phi) is 8.35. The molecule has 1 aromatic heterocycles. The Morgan fingerprint density at radius 2 is 1.85 bits per heavy atom. The van der Waals surface area contributed by atoms with E-state index in [0.29, 0.717) is 5.69 Å². The molecule has 0 aliphatic rings. The Hall–Kier alpha value is -2.99. The molecule has 4 atom stereocenters. The largest absolute Gasteiger partial charge is 0.480 e. The fourth-order valence-corrected chi connectivity index (χ4v) is 2.13. The summed E-state index contributed by atoms with van der Waals surface area (Å²) in [6.45, 7) is 1.32. The van der Waals surface area contributed by atoms with E-state index in [-0.39, 0.29) is 19.3 Å². The molecule has 0 fully saturated rings. The molecule has 3 amide bonds. The van der Waals surface area contributed by atoms with Crippen molar-refractivity contribution in [3.8, 4) is 0 Å². The molecule has 1 rings (SSSR count). The number of carboxylic acid groups (broad SMARTS) is 1. The van der Waals surface area contributed by atoms with Crippen molar-refractivity contribution in [1.29, 1.82) is 0 Å². The van der Waals surface area contributed by atoms with E-state index in [9.17, 15) is 29.4 Å². The van der Waals surface area contributed by atoms with Crippen LogP contribution in [0.25, 0.3) is 0 Å². The first-order valence-electron chi connectivity index (χ1n) is 8.14. The first-order chi connectivity index (χ1) is 12.6. The second-order valence-electron chi connectivity index (χ2n) is 6.01. The summed E-state index contributed by atoms with van der Waals surface area (Å²) in [5, 5.41) is 23.2. The summed E-state index contributed by atoms with van der Waals surface area (Å²) >= 11 is 0. The smallest absolute Gasteiger partial charge is 0.326 e. The number of carbonyl (C=O) groups excluding carboxylic acids is 3. The van der Waals surface area contributed by atoms with Crippen molar-refractivity contribution in [2.45, 2.75) is 50.4 Å². The maximum absolute atomic E-state index is 12.5. The molecule has 0 aliphatic heterocycles. The van der Waals surface area contributed by atoms with Crippen LogP contribution >= 0.6 is 0 Å². The minimum absolute atomic E-state index is 0.0216. The van der Waals surface area contributed by atoms with Crippen molar-refractivity contribution >= 4 is 23.7 Å². The molecular weight excluding hydrogens is 360 g/mol. The summed E-state index contributed by atoms with van der Waals surface area (Å²) < 4.78 is 0. The van der Waals surface area contributed by atoms with E-state index < -0.39 is 47.9 Å². The van der Waals surface area contributed by atoms with Crippen molar-refractivity contribution in [3.63, 3.8) is 0 Å². The van der Waals surface area contributed by atoms with Crippen LogP contribution in [0.1, 0.15) is 25.5 Å². The van der Waals surface area contributed by atoms with Gasteiger partial charge in [-0.15, -0.1) is 0 Å². The van der Waals surface area contributed by atoms with Crippen molar-refractivity contribution in [2.24, 2.45) is 11.5 Å². The number of carboxylic acids is 1. The predicted molar refractivity (Wildman–Crippen MR) is 91.9 cm³/mol. The number of hydrogen-bond donors (Lipinski definition) is 7. The molecule has 1 aromatic rings. The van der Waals surface area contributed by atoms with Gasteiger partial charge in [0.05, 0.1) is 12.4 Å². The molecular formula is C15H24N6O6. The number of nitrogens with one attached hydrogen (secondary N) is 3. The molecule has 0 saturated carbocycles. The van der Waals surface area contributed by atoms with Crippen LogP contribution in [-0.2, 0) is 25.6 Å². The van der Waals surface area contributed by atoms with Crippen LogP contribution in [0, 0.1) is 0 Å². The van der Waals surface area contributed by atoms with Crippen LogP contribution in [0.5, 0.6) is 0 Å². The number of aliphatic carboxylic acids is 1. The summed E-state index contributed by atoms with van der Waals surface area (Å²) in [7, 11) is 0. The third kappa shape index (κ3) is 7.42. The number of aliphatic hydroxyl groups excluding tert-OH is 1. The quantitative estimate of drug-likeness (QED) is 0.208. The number of H-pyrrole nitrogens is 1. The summed E-state index contributed by atoms with van der Waals surface area (Å²) in [6.07, 6.45) is 1.20. The number of imidazole rings is 1. The van der Waals surface area contributed by atoms with Crippen LogP contribution in [0.4, 0.5) is 0 Å². The zero-order valence-electron chi connectivity index (χ0n) is 14.7. The number of carbonyl (C=O) groups is 4. The lowest BCUT2D eigenvalue weighted by molar-refractivity contribution is -0.142. The molecule has 27 heavy (non-hydrogen) atoms. The molecule has 0 saturated heterocycles. The van der Waals surface area contributed by atoms with Crippen LogP contribution in [-0.4, -0.2) is 68.1 Å². The summed E-state index contributed by atoms with van der Waals surface area (Å²) in [5.41, 5.74) is 11.1. The number of amides is 3. The van der Waals surface area contributed by atoms with E-state index >= 15 is 0 Å². The predicted octanol–water partition coefficient (Wildman–Crippen LogP) is -3.02. The number of aliphatic hydroxyl groups is 1. The monoisotopic (exact) mass is 384 g/mol. The van der Waals surface area contributed by atoms with Gasteiger partial charge in [0.15, 0.2) is 0 Å². The molecule has 150 valence electrons. The number of primary amides is 1. The summed E-state index contributed by atoms with van der Waals surface area (Å²) in [4.78, 5) is 53.3. The maximum Gasteiger partial charge on any atom is 0.326 e. The van der Waals surface area contributed by atoms with E-state index in [0.717, 1.165) is 0 Å². The fourth-order valence-electron chi connectivity index (χ4n) is 2.13. The molecule has 0 radical (unpaired) electrons. The minimum Gasteiger partial charge on any atom is -0.480 e. The lowest BCUT2D eigenvalue weighted by Crippen LogP contribution is -2.57. The molecule has 4 unspecified atom stereocenters. The number of aromatic nitrogens is 2. The molecule has 12 nitrogen and oxygen atoms in total.